The van der Waals surface area contributed by atoms with E-state index in [2.05, 4.69) is 5.32 Å². The van der Waals surface area contributed by atoms with Crippen molar-refractivity contribution < 1.29 is 19.4 Å². The van der Waals surface area contributed by atoms with E-state index in [-0.39, 0.29) is 11.8 Å². The summed E-state index contributed by atoms with van der Waals surface area (Å²) in [5.74, 6) is -0.788. The third-order valence-electron chi connectivity index (χ3n) is 2.87. The van der Waals surface area contributed by atoms with E-state index in [1.807, 2.05) is 31.2 Å². The molecule has 1 unspecified atom stereocenters. The fourth-order valence-corrected chi connectivity index (χ4v) is 1.85. The molecule has 0 fully saturated rings. The highest BCUT2D eigenvalue weighted by Gasteiger charge is 2.08. The van der Waals surface area contributed by atoms with Gasteiger partial charge in [0.2, 0.25) is 5.91 Å². The Labute approximate surface area is 124 Å². The molecule has 0 aliphatic rings. The Morgan fingerprint density at radius 3 is 2.57 bits per heavy atom. The number of hydrogen-bond donors (Lipinski definition) is 2. The summed E-state index contributed by atoms with van der Waals surface area (Å²) in [6.45, 7) is 2.99. The number of hydrogen-bond acceptors (Lipinski definition) is 3. The van der Waals surface area contributed by atoms with E-state index in [4.69, 9.17) is 9.84 Å². The summed E-state index contributed by atoms with van der Waals surface area (Å²) < 4.78 is 4.99. The fraction of sp³-hybridized carbons (Fsp3) is 0.375. The maximum atomic E-state index is 11.7. The summed E-state index contributed by atoms with van der Waals surface area (Å²) in [4.78, 5) is 22.1. The van der Waals surface area contributed by atoms with Gasteiger partial charge < -0.3 is 15.2 Å². The van der Waals surface area contributed by atoms with E-state index in [1.165, 1.54) is 6.08 Å². The molecule has 2 N–H and O–H groups in total. The minimum Gasteiger partial charge on any atom is -0.478 e. The summed E-state index contributed by atoms with van der Waals surface area (Å²) in [6, 6.07) is 7.35. The number of carbonyl (C=O) groups excluding carboxylic acids is 1. The van der Waals surface area contributed by atoms with Gasteiger partial charge in [-0.15, -0.1) is 0 Å². The van der Waals surface area contributed by atoms with E-state index in [1.54, 1.807) is 7.11 Å². The van der Waals surface area contributed by atoms with Crippen LogP contribution in [0, 0.1) is 5.92 Å². The van der Waals surface area contributed by atoms with Crippen LogP contribution in [0.3, 0.4) is 0 Å². The third-order valence-corrected chi connectivity index (χ3v) is 2.87. The smallest absolute Gasteiger partial charge is 0.328 e. The van der Waals surface area contributed by atoms with Crippen LogP contribution >= 0.6 is 0 Å². The van der Waals surface area contributed by atoms with Crippen LogP contribution in [-0.2, 0) is 20.9 Å². The maximum absolute atomic E-state index is 11.7. The molecule has 1 rings (SSSR count). The number of aliphatic carboxylic acids is 1. The molecule has 1 aromatic rings. The van der Waals surface area contributed by atoms with Crippen LogP contribution in [0.1, 0.15) is 24.5 Å². The molecule has 0 aromatic heterocycles. The summed E-state index contributed by atoms with van der Waals surface area (Å²) in [5, 5.41) is 11.4. The van der Waals surface area contributed by atoms with Gasteiger partial charge in [-0.1, -0.05) is 31.2 Å². The van der Waals surface area contributed by atoms with Crippen molar-refractivity contribution in [1.29, 1.82) is 0 Å². The minimum absolute atomic E-state index is 0.00519. The monoisotopic (exact) mass is 291 g/mol. The molecule has 0 saturated heterocycles. The molecule has 0 saturated carbocycles. The molecule has 1 atom stereocenters. The molecule has 5 nitrogen and oxygen atoms in total. The van der Waals surface area contributed by atoms with Crippen LogP contribution in [0.2, 0.25) is 0 Å². The van der Waals surface area contributed by atoms with E-state index in [9.17, 15) is 9.59 Å². The molecule has 21 heavy (non-hydrogen) atoms. The van der Waals surface area contributed by atoms with Crippen LogP contribution < -0.4 is 5.32 Å². The first kappa shape index (κ1) is 16.9. The van der Waals surface area contributed by atoms with Crippen LogP contribution in [0.4, 0.5) is 0 Å². The first-order valence-corrected chi connectivity index (χ1v) is 6.77. The van der Waals surface area contributed by atoms with Crippen molar-refractivity contribution in [1.82, 2.24) is 5.32 Å². The fourth-order valence-electron chi connectivity index (χ4n) is 1.85. The van der Waals surface area contributed by atoms with E-state index in [0.717, 1.165) is 17.2 Å². The number of methoxy groups -OCH3 is 1. The number of carboxylic acid groups (broad SMARTS) is 1. The largest absolute Gasteiger partial charge is 0.478 e. The zero-order valence-corrected chi connectivity index (χ0v) is 12.3. The molecule has 5 heteroatoms. The van der Waals surface area contributed by atoms with Crippen molar-refractivity contribution in [2.45, 2.75) is 19.9 Å². The summed E-state index contributed by atoms with van der Waals surface area (Å²) in [5.41, 5.74) is 1.77. The van der Waals surface area contributed by atoms with Gasteiger partial charge in [0.05, 0.1) is 0 Å². The highest BCUT2D eigenvalue weighted by atomic mass is 16.5. The quantitative estimate of drug-likeness (QED) is 0.719. The zero-order valence-electron chi connectivity index (χ0n) is 12.3. The topological polar surface area (TPSA) is 75.6 Å². The van der Waals surface area contributed by atoms with Gasteiger partial charge in [-0.3, -0.25) is 4.79 Å². The zero-order chi connectivity index (χ0) is 15.7. The second kappa shape index (κ2) is 8.92. The van der Waals surface area contributed by atoms with E-state index >= 15 is 0 Å². The third kappa shape index (κ3) is 7.27. The Morgan fingerprint density at radius 1 is 1.33 bits per heavy atom. The Bertz CT molecular complexity index is 494. The van der Waals surface area contributed by atoms with Crippen LogP contribution in [-0.4, -0.2) is 30.7 Å². The lowest BCUT2D eigenvalue weighted by atomic mass is 10.1. The van der Waals surface area contributed by atoms with Gasteiger partial charge in [0.25, 0.3) is 0 Å². The van der Waals surface area contributed by atoms with Gasteiger partial charge in [-0.25, -0.2) is 4.79 Å². The molecule has 0 spiro atoms. The molecule has 0 radical (unpaired) electrons. The predicted molar refractivity (Wildman–Crippen MR) is 80.6 cm³/mol. The first-order chi connectivity index (χ1) is 10.0. The van der Waals surface area contributed by atoms with Crippen LogP contribution in [0.25, 0.3) is 6.08 Å². The highest BCUT2D eigenvalue weighted by Crippen LogP contribution is 2.07. The second-order valence-electron chi connectivity index (χ2n) is 4.95. The number of rotatable bonds is 8. The Morgan fingerprint density at radius 2 is 2.00 bits per heavy atom. The molecule has 0 bridgehead atoms. The van der Waals surface area contributed by atoms with Crippen molar-refractivity contribution in [3.8, 4) is 0 Å². The molecule has 114 valence electrons. The second-order valence-corrected chi connectivity index (χ2v) is 4.95. The molecule has 1 aromatic carbocycles. The average molecular weight is 291 g/mol. The van der Waals surface area contributed by atoms with Gasteiger partial charge in [0, 0.05) is 32.8 Å². The molecule has 0 heterocycles. The van der Waals surface area contributed by atoms with E-state index in [0.29, 0.717) is 19.6 Å². The van der Waals surface area contributed by atoms with Gasteiger partial charge in [-0.2, -0.15) is 0 Å². The van der Waals surface area contributed by atoms with Gasteiger partial charge >= 0.3 is 5.97 Å². The highest BCUT2D eigenvalue weighted by molar-refractivity contribution is 5.85. The lowest BCUT2D eigenvalue weighted by molar-refractivity contribution is -0.131. The maximum Gasteiger partial charge on any atom is 0.328 e. The summed E-state index contributed by atoms with van der Waals surface area (Å²) in [6.07, 6.45) is 3.05. The number of carboxylic acids is 1. The van der Waals surface area contributed by atoms with Gasteiger partial charge in [0.1, 0.15) is 0 Å². The lowest BCUT2D eigenvalue weighted by Gasteiger charge is -2.10. The number of benzene rings is 1. The predicted octanol–water partition coefficient (Wildman–Crippen LogP) is 2.07. The molecular formula is C16H21NO4. The number of amides is 1. The van der Waals surface area contributed by atoms with Gasteiger partial charge in [-0.05, 0) is 23.1 Å². The normalized spacial score (nSPS) is 12.3. The first-order valence-electron chi connectivity index (χ1n) is 6.77. The molecule has 1 amide bonds. The van der Waals surface area contributed by atoms with Gasteiger partial charge in [0.15, 0.2) is 0 Å². The minimum atomic E-state index is -0.975. The average Bonchev–Trinajstić information content (AvgIpc) is 2.44. The Kier molecular flexibility index (Phi) is 7.18. The summed E-state index contributed by atoms with van der Waals surface area (Å²) >= 11 is 0. The van der Waals surface area contributed by atoms with Crippen molar-refractivity contribution in [2.24, 2.45) is 5.92 Å². The van der Waals surface area contributed by atoms with Crippen molar-refractivity contribution in [2.75, 3.05) is 13.7 Å². The standard InChI is InChI=1S/C16H21NO4/c1-12(11-21-2)9-15(18)17-10-14-5-3-13(4-6-14)7-8-16(19)20/h3-8,12H,9-11H2,1-2H3,(H,17,18)(H,19,20)/b8-7+. The van der Waals surface area contributed by atoms with Crippen LogP contribution in [0.15, 0.2) is 30.3 Å². The van der Waals surface area contributed by atoms with Crippen molar-refractivity contribution in [3.63, 3.8) is 0 Å². The molecule has 0 aliphatic heterocycles. The number of nitrogens with one attached hydrogen (secondary N) is 1. The SMILES string of the molecule is COCC(C)CC(=O)NCc1ccc(/C=C/C(=O)O)cc1. The molecular weight excluding hydrogens is 270 g/mol. The summed E-state index contributed by atoms with van der Waals surface area (Å²) in [7, 11) is 1.62. The van der Waals surface area contributed by atoms with Crippen LogP contribution in [0.5, 0.6) is 0 Å². The van der Waals surface area contributed by atoms with Crippen molar-refractivity contribution >= 4 is 18.0 Å². The number of ether oxygens (including phenoxy) is 1. The number of carbonyl (C=O) groups is 2. The lowest BCUT2D eigenvalue weighted by Crippen LogP contribution is -2.25. The Hall–Kier alpha value is -2.14. The Balaban J connectivity index is 2.42. The van der Waals surface area contributed by atoms with Crippen molar-refractivity contribution in [3.05, 3.63) is 41.5 Å². The van der Waals surface area contributed by atoms with E-state index < -0.39 is 5.97 Å². The molecule has 0 aliphatic carbocycles.